The van der Waals surface area contributed by atoms with Crippen LogP contribution in [0.5, 0.6) is 0 Å². The van der Waals surface area contributed by atoms with Gasteiger partial charge in [0.2, 0.25) is 0 Å². The van der Waals surface area contributed by atoms with Crippen LogP contribution in [0.4, 0.5) is 5.69 Å². The minimum Gasteiger partial charge on any atom is -0.293 e. The van der Waals surface area contributed by atoms with Crippen molar-refractivity contribution in [2.45, 2.75) is 41.0 Å². The number of Topliss-reactive ketones (excluding diaryl/α,β-unsaturated/α-hetero) is 1. The zero-order valence-electron chi connectivity index (χ0n) is 14.1. The molecular formula is C16H20N2O4S. The summed E-state index contributed by atoms with van der Waals surface area (Å²) >= 11 is 0. The largest absolute Gasteiger partial charge is 0.325 e. The first kappa shape index (κ1) is 17.3. The Morgan fingerprint density at radius 1 is 1.09 bits per heavy atom. The number of oxime groups is 1. The second-order valence-corrected chi connectivity index (χ2v) is 7.39. The lowest BCUT2D eigenvalue weighted by Gasteiger charge is -2.13. The number of fused-ring (bicyclic) bond motifs is 1. The third kappa shape index (κ3) is 3.34. The first-order valence-electron chi connectivity index (χ1n) is 7.17. The van der Waals surface area contributed by atoms with Crippen molar-refractivity contribution >= 4 is 33.0 Å². The van der Waals surface area contributed by atoms with Gasteiger partial charge in [-0.15, -0.1) is 0 Å². The van der Waals surface area contributed by atoms with Crippen molar-refractivity contribution in [3.05, 3.63) is 27.8 Å². The van der Waals surface area contributed by atoms with Crippen LogP contribution in [-0.4, -0.2) is 31.9 Å². The highest BCUT2D eigenvalue weighted by Gasteiger charge is 2.27. The molecule has 0 bridgehead atoms. The Balaban J connectivity index is 2.52. The smallest absolute Gasteiger partial charge is 0.293 e. The molecule has 1 aromatic rings. The molecule has 0 aromatic heterocycles. The van der Waals surface area contributed by atoms with Crippen LogP contribution in [0.1, 0.15) is 34.7 Å². The van der Waals surface area contributed by atoms with Gasteiger partial charge in [-0.05, 0) is 55.5 Å². The molecule has 1 aliphatic heterocycles. The average molecular weight is 336 g/mol. The second kappa shape index (κ2) is 5.88. The maximum Gasteiger partial charge on any atom is 0.325 e. The van der Waals surface area contributed by atoms with E-state index in [1.807, 2.05) is 20.8 Å². The van der Waals surface area contributed by atoms with Crippen LogP contribution in [0.15, 0.2) is 10.1 Å². The summed E-state index contributed by atoms with van der Waals surface area (Å²) in [5.41, 5.74) is 6.83. The van der Waals surface area contributed by atoms with Gasteiger partial charge < -0.3 is 0 Å². The van der Waals surface area contributed by atoms with Crippen molar-refractivity contribution in [1.29, 1.82) is 0 Å². The average Bonchev–Trinajstić information content (AvgIpc) is 2.86. The predicted molar refractivity (Wildman–Crippen MR) is 90.2 cm³/mol. The summed E-state index contributed by atoms with van der Waals surface area (Å²) in [5.74, 6) is -0.385. The number of carbonyl (C=O) groups is 1. The predicted octanol–water partition coefficient (Wildman–Crippen LogP) is 2.47. The van der Waals surface area contributed by atoms with Crippen LogP contribution in [0.25, 0.3) is 0 Å². The van der Waals surface area contributed by atoms with E-state index in [9.17, 15) is 13.2 Å². The summed E-state index contributed by atoms with van der Waals surface area (Å²) in [6.07, 6.45) is 1.31. The van der Waals surface area contributed by atoms with Crippen LogP contribution in [0.3, 0.4) is 0 Å². The van der Waals surface area contributed by atoms with Crippen LogP contribution in [0, 0.1) is 27.7 Å². The Morgan fingerprint density at radius 2 is 1.65 bits per heavy atom. The molecule has 124 valence electrons. The zero-order valence-corrected chi connectivity index (χ0v) is 15.0. The van der Waals surface area contributed by atoms with Crippen molar-refractivity contribution in [1.82, 2.24) is 0 Å². The van der Waals surface area contributed by atoms with Gasteiger partial charge in [0.15, 0.2) is 11.5 Å². The molecule has 0 saturated carbocycles. The molecule has 0 fully saturated rings. The number of nitrogens with zero attached hydrogens (tertiary/aromatic N) is 2. The van der Waals surface area contributed by atoms with Gasteiger partial charge >= 0.3 is 10.1 Å². The Bertz CT molecular complexity index is 865. The fourth-order valence-electron chi connectivity index (χ4n) is 2.64. The molecule has 0 N–H and O–H groups in total. The third-order valence-corrected chi connectivity index (χ3v) is 4.59. The third-order valence-electron chi connectivity index (χ3n) is 4.24. The molecule has 0 unspecified atom stereocenters. The van der Waals surface area contributed by atoms with Crippen molar-refractivity contribution in [3.8, 4) is 0 Å². The van der Waals surface area contributed by atoms with E-state index in [-0.39, 0.29) is 11.5 Å². The number of aliphatic imine (C=N–C) groups is 1. The SMILES string of the molecule is CC(=O)/C(=N\OS(C)(=O)=O)C1=Nc2c(C)c(C)c(C)c(C)c2C1. The number of carbonyl (C=O) groups excluding carboxylic acids is 1. The Kier molecular flexibility index (Phi) is 4.43. The van der Waals surface area contributed by atoms with Crippen molar-refractivity contribution in [2.75, 3.05) is 6.26 Å². The van der Waals surface area contributed by atoms with E-state index in [1.54, 1.807) is 0 Å². The lowest BCUT2D eigenvalue weighted by atomic mass is 9.91. The highest BCUT2D eigenvalue weighted by molar-refractivity contribution is 7.85. The molecule has 0 amide bonds. The topological polar surface area (TPSA) is 85.2 Å². The molecule has 0 spiro atoms. The quantitative estimate of drug-likeness (QED) is 0.624. The lowest BCUT2D eigenvalue weighted by molar-refractivity contribution is -0.111. The zero-order chi connectivity index (χ0) is 17.5. The van der Waals surface area contributed by atoms with E-state index < -0.39 is 10.1 Å². The summed E-state index contributed by atoms with van der Waals surface area (Å²) in [6.45, 7) is 9.42. The number of hydrogen-bond acceptors (Lipinski definition) is 6. The molecule has 1 heterocycles. The van der Waals surface area contributed by atoms with Crippen molar-refractivity contribution in [2.24, 2.45) is 10.1 Å². The molecule has 0 saturated heterocycles. The van der Waals surface area contributed by atoms with Gasteiger partial charge in [0.1, 0.15) is 0 Å². The normalized spacial score (nSPS) is 14.5. The van der Waals surface area contributed by atoms with E-state index >= 15 is 0 Å². The van der Waals surface area contributed by atoms with Crippen molar-refractivity contribution < 1.29 is 17.5 Å². The van der Waals surface area contributed by atoms with E-state index in [4.69, 9.17) is 0 Å². The Labute approximate surface area is 136 Å². The van der Waals surface area contributed by atoms with Gasteiger partial charge in [-0.25, -0.2) is 4.99 Å². The summed E-state index contributed by atoms with van der Waals surface area (Å²) < 4.78 is 26.6. The molecule has 7 heteroatoms. The van der Waals surface area contributed by atoms with Gasteiger partial charge in [-0.1, -0.05) is 5.16 Å². The fourth-order valence-corrected chi connectivity index (χ4v) is 2.85. The van der Waals surface area contributed by atoms with Crippen molar-refractivity contribution in [3.63, 3.8) is 0 Å². The van der Waals surface area contributed by atoms with Gasteiger partial charge in [0.25, 0.3) is 0 Å². The lowest BCUT2D eigenvalue weighted by Crippen LogP contribution is -2.23. The molecular weight excluding hydrogens is 316 g/mol. The summed E-state index contributed by atoms with van der Waals surface area (Å²) in [7, 11) is -3.77. The maximum atomic E-state index is 11.8. The maximum absolute atomic E-state index is 11.8. The first-order valence-corrected chi connectivity index (χ1v) is 8.99. The molecule has 23 heavy (non-hydrogen) atoms. The summed E-state index contributed by atoms with van der Waals surface area (Å²) in [6, 6.07) is 0. The van der Waals surface area contributed by atoms with Crippen LogP contribution < -0.4 is 0 Å². The standard InChI is InChI=1S/C16H20N2O4S/c1-8-9(2)11(4)15-13(10(8)3)7-14(17-15)16(12(5)19)18-22-23(6,20)21/h7H2,1-6H3/b18-16+. The van der Waals surface area contributed by atoms with Crippen LogP contribution in [-0.2, 0) is 25.6 Å². The van der Waals surface area contributed by atoms with E-state index in [2.05, 4.69) is 21.4 Å². The number of benzene rings is 1. The van der Waals surface area contributed by atoms with E-state index in [1.165, 1.54) is 18.1 Å². The van der Waals surface area contributed by atoms with Gasteiger partial charge in [0, 0.05) is 13.3 Å². The van der Waals surface area contributed by atoms with E-state index in [0.29, 0.717) is 12.1 Å². The van der Waals surface area contributed by atoms with Gasteiger partial charge in [0.05, 0.1) is 17.7 Å². The monoisotopic (exact) mass is 336 g/mol. The van der Waals surface area contributed by atoms with Crippen LogP contribution >= 0.6 is 0 Å². The van der Waals surface area contributed by atoms with Crippen LogP contribution in [0.2, 0.25) is 0 Å². The molecule has 2 rings (SSSR count). The molecule has 1 aromatic carbocycles. The molecule has 1 aliphatic rings. The highest BCUT2D eigenvalue weighted by atomic mass is 32.2. The van der Waals surface area contributed by atoms with Gasteiger partial charge in [-0.3, -0.25) is 9.08 Å². The Hall–Kier alpha value is -2.02. The molecule has 0 atom stereocenters. The fraction of sp³-hybridized carbons (Fsp3) is 0.438. The highest BCUT2D eigenvalue weighted by Crippen LogP contribution is 2.37. The number of ketones is 1. The minimum absolute atomic E-state index is 0.0549. The second-order valence-electron chi connectivity index (χ2n) is 5.84. The number of hydrogen-bond donors (Lipinski definition) is 0. The summed E-state index contributed by atoms with van der Waals surface area (Å²) in [5, 5.41) is 3.51. The molecule has 0 radical (unpaired) electrons. The van der Waals surface area contributed by atoms with E-state index in [0.717, 1.165) is 28.6 Å². The first-order chi connectivity index (χ1) is 10.5. The molecule has 0 aliphatic carbocycles. The number of rotatable bonds is 4. The summed E-state index contributed by atoms with van der Waals surface area (Å²) in [4.78, 5) is 16.3. The Morgan fingerprint density at radius 3 is 2.17 bits per heavy atom. The minimum atomic E-state index is -3.77. The molecule has 6 nitrogen and oxygen atoms in total. The van der Waals surface area contributed by atoms with Gasteiger partial charge in [-0.2, -0.15) is 8.42 Å².